The van der Waals surface area contributed by atoms with Crippen molar-refractivity contribution in [1.82, 2.24) is 4.90 Å². The third-order valence-corrected chi connectivity index (χ3v) is 2.93. The summed E-state index contributed by atoms with van der Waals surface area (Å²) in [7, 11) is 0. The fourth-order valence-corrected chi connectivity index (χ4v) is 2.04. The lowest BCUT2D eigenvalue weighted by atomic mass is 10.1. The Hall–Kier alpha value is -2.08. The van der Waals surface area contributed by atoms with Gasteiger partial charge in [0, 0.05) is 12.5 Å². The van der Waals surface area contributed by atoms with Gasteiger partial charge in [0.1, 0.15) is 0 Å². The second-order valence-corrected chi connectivity index (χ2v) is 4.29. The minimum Gasteiger partial charge on any atom is -0.271 e. The summed E-state index contributed by atoms with van der Waals surface area (Å²) >= 11 is 0. The molecular weight excluding hydrogens is 214 g/mol. The van der Waals surface area contributed by atoms with Crippen molar-refractivity contribution in [2.24, 2.45) is 0 Å². The molecule has 2 amide bonds. The molecule has 1 aromatic carbocycles. The summed E-state index contributed by atoms with van der Waals surface area (Å²) in [6, 6.07) is 5.03. The van der Waals surface area contributed by atoms with Gasteiger partial charge in [-0.15, -0.1) is 12.3 Å². The number of hydrogen-bond donors (Lipinski definition) is 0. The molecule has 1 aliphatic heterocycles. The molecular formula is C14H13NO2. The Bertz CT molecular complexity index is 540. The maximum absolute atomic E-state index is 12.1. The molecule has 1 unspecified atom stereocenters. The topological polar surface area (TPSA) is 37.4 Å². The van der Waals surface area contributed by atoms with Gasteiger partial charge in [-0.3, -0.25) is 14.5 Å². The van der Waals surface area contributed by atoms with Crippen LogP contribution in [0.3, 0.4) is 0 Å². The van der Waals surface area contributed by atoms with E-state index in [2.05, 4.69) is 5.92 Å². The van der Waals surface area contributed by atoms with Crippen molar-refractivity contribution in [1.29, 1.82) is 0 Å². The largest absolute Gasteiger partial charge is 0.271 e. The Labute approximate surface area is 100 Å². The van der Waals surface area contributed by atoms with E-state index in [9.17, 15) is 9.59 Å². The van der Waals surface area contributed by atoms with Crippen molar-refractivity contribution < 1.29 is 9.59 Å². The zero-order valence-electron chi connectivity index (χ0n) is 9.86. The summed E-state index contributed by atoms with van der Waals surface area (Å²) in [5.74, 6) is 2.00. The number of hydrogen-bond acceptors (Lipinski definition) is 2. The Balaban J connectivity index is 2.43. The molecule has 86 valence electrons. The summed E-state index contributed by atoms with van der Waals surface area (Å²) in [6.07, 6.45) is 5.60. The minimum absolute atomic E-state index is 0.239. The Morgan fingerprint density at radius 2 is 1.94 bits per heavy atom. The third kappa shape index (κ3) is 1.72. The molecule has 1 aliphatic rings. The van der Waals surface area contributed by atoms with E-state index in [1.54, 1.807) is 19.1 Å². The van der Waals surface area contributed by atoms with E-state index in [0.29, 0.717) is 17.5 Å². The maximum Gasteiger partial charge on any atom is 0.261 e. The van der Waals surface area contributed by atoms with Gasteiger partial charge in [-0.2, -0.15) is 0 Å². The van der Waals surface area contributed by atoms with Crippen LogP contribution in [0.25, 0.3) is 0 Å². The lowest BCUT2D eigenvalue weighted by Crippen LogP contribution is -2.37. The highest BCUT2D eigenvalue weighted by molar-refractivity contribution is 6.21. The number of imide groups is 1. The van der Waals surface area contributed by atoms with E-state index in [4.69, 9.17) is 6.42 Å². The van der Waals surface area contributed by atoms with E-state index in [0.717, 1.165) is 5.56 Å². The lowest BCUT2D eigenvalue weighted by Gasteiger charge is -2.20. The highest BCUT2D eigenvalue weighted by Crippen LogP contribution is 2.26. The highest BCUT2D eigenvalue weighted by Gasteiger charge is 2.37. The van der Waals surface area contributed by atoms with Crippen LogP contribution >= 0.6 is 0 Å². The molecule has 2 rings (SSSR count). The van der Waals surface area contributed by atoms with Crippen molar-refractivity contribution in [2.45, 2.75) is 26.3 Å². The van der Waals surface area contributed by atoms with Crippen molar-refractivity contribution in [3.8, 4) is 12.3 Å². The van der Waals surface area contributed by atoms with Gasteiger partial charge >= 0.3 is 0 Å². The van der Waals surface area contributed by atoms with Crippen molar-refractivity contribution in [2.75, 3.05) is 0 Å². The van der Waals surface area contributed by atoms with Gasteiger partial charge in [-0.05, 0) is 26.0 Å². The lowest BCUT2D eigenvalue weighted by molar-refractivity contribution is 0.0600. The van der Waals surface area contributed by atoms with E-state index in [1.165, 1.54) is 4.90 Å². The number of rotatable bonds is 2. The molecule has 0 aromatic heterocycles. The van der Waals surface area contributed by atoms with E-state index in [1.807, 2.05) is 13.0 Å². The van der Waals surface area contributed by atoms with Gasteiger partial charge < -0.3 is 0 Å². The molecule has 1 heterocycles. The Morgan fingerprint density at radius 1 is 1.29 bits per heavy atom. The van der Waals surface area contributed by atoms with Crippen LogP contribution in [0, 0.1) is 19.3 Å². The second-order valence-electron chi connectivity index (χ2n) is 4.29. The van der Waals surface area contributed by atoms with Crippen LogP contribution in [-0.2, 0) is 0 Å². The average Bonchev–Trinajstić information content (AvgIpc) is 2.52. The smallest absolute Gasteiger partial charge is 0.261 e. The predicted octanol–water partition coefficient (Wildman–Crippen LogP) is 2.00. The summed E-state index contributed by atoms with van der Waals surface area (Å²) in [5.41, 5.74) is 1.93. The zero-order valence-corrected chi connectivity index (χ0v) is 9.86. The fraction of sp³-hybridized carbons (Fsp3) is 0.286. The monoisotopic (exact) mass is 227 g/mol. The van der Waals surface area contributed by atoms with Gasteiger partial charge in [-0.25, -0.2) is 0 Å². The summed E-state index contributed by atoms with van der Waals surface area (Å²) < 4.78 is 0. The summed E-state index contributed by atoms with van der Waals surface area (Å²) in [5, 5.41) is 0. The van der Waals surface area contributed by atoms with Crippen LogP contribution < -0.4 is 0 Å². The third-order valence-electron chi connectivity index (χ3n) is 2.93. The van der Waals surface area contributed by atoms with Crippen molar-refractivity contribution >= 4 is 11.8 Å². The second kappa shape index (κ2) is 4.06. The number of carbonyl (C=O) groups is 2. The molecule has 1 aromatic rings. The van der Waals surface area contributed by atoms with Crippen molar-refractivity contribution in [3.05, 3.63) is 34.9 Å². The minimum atomic E-state index is -0.257. The van der Waals surface area contributed by atoms with Gasteiger partial charge in [0.15, 0.2) is 0 Å². The number of fused-ring (bicyclic) bond motifs is 1. The average molecular weight is 227 g/mol. The molecule has 0 fully saturated rings. The van der Waals surface area contributed by atoms with Crippen LogP contribution in [0.2, 0.25) is 0 Å². The molecule has 0 aliphatic carbocycles. The predicted molar refractivity (Wildman–Crippen MR) is 64.6 cm³/mol. The van der Waals surface area contributed by atoms with Crippen molar-refractivity contribution in [3.63, 3.8) is 0 Å². The SMILES string of the molecule is C#CCC(C)N1C(=O)c2ccc(C)cc2C1=O. The first-order valence-corrected chi connectivity index (χ1v) is 5.48. The normalized spacial score (nSPS) is 15.7. The molecule has 0 bridgehead atoms. The molecule has 0 saturated heterocycles. The van der Waals surface area contributed by atoms with E-state index >= 15 is 0 Å². The van der Waals surface area contributed by atoms with E-state index < -0.39 is 0 Å². The molecule has 3 heteroatoms. The molecule has 3 nitrogen and oxygen atoms in total. The van der Waals surface area contributed by atoms with Crippen LogP contribution in [0.1, 0.15) is 39.6 Å². The molecule has 17 heavy (non-hydrogen) atoms. The van der Waals surface area contributed by atoms with Gasteiger partial charge in [-0.1, -0.05) is 11.6 Å². The summed E-state index contributed by atoms with van der Waals surface area (Å²) in [4.78, 5) is 25.4. The first kappa shape index (κ1) is 11.4. The molecule has 1 atom stereocenters. The number of aryl methyl sites for hydroxylation is 1. The van der Waals surface area contributed by atoms with Crippen LogP contribution in [0.4, 0.5) is 0 Å². The van der Waals surface area contributed by atoms with Crippen LogP contribution in [-0.4, -0.2) is 22.8 Å². The number of nitrogens with zero attached hydrogens (tertiary/aromatic N) is 1. The molecule has 0 spiro atoms. The number of benzene rings is 1. The van der Waals surface area contributed by atoms with Gasteiger partial charge in [0.25, 0.3) is 11.8 Å². The first-order valence-electron chi connectivity index (χ1n) is 5.48. The Kier molecular flexibility index (Phi) is 2.72. The fourth-order valence-electron chi connectivity index (χ4n) is 2.04. The van der Waals surface area contributed by atoms with Crippen LogP contribution in [0.5, 0.6) is 0 Å². The number of carbonyl (C=O) groups excluding carboxylic acids is 2. The van der Waals surface area contributed by atoms with Crippen LogP contribution in [0.15, 0.2) is 18.2 Å². The van der Waals surface area contributed by atoms with E-state index in [-0.39, 0.29) is 17.9 Å². The first-order chi connectivity index (χ1) is 8.06. The molecule has 0 radical (unpaired) electrons. The number of amides is 2. The quantitative estimate of drug-likeness (QED) is 0.572. The van der Waals surface area contributed by atoms with Gasteiger partial charge in [0.05, 0.1) is 11.1 Å². The zero-order chi connectivity index (χ0) is 12.6. The summed E-state index contributed by atoms with van der Waals surface area (Å²) in [6.45, 7) is 3.68. The Morgan fingerprint density at radius 3 is 2.59 bits per heavy atom. The highest BCUT2D eigenvalue weighted by atomic mass is 16.2. The maximum atomic E-state index is 12.1. The standard InChI is InChI=1S/C14H13NO2/c1-4-5-10(3)15-13(16)11-7-6-9(2)8-12(11)14(15)17/h1,6-8,10H,5H2,2-3H3. The van der Waals surface area contributed by atoms with Gasteiger partial charge in [0.2, 0.25) is 0 Å². The molecule has 0 N–H and O–H groups in total. The molecule has 0 saturated carbocycles. The number of terminal acetylenes is 1.